The number of hydrogen-bond acceptors (Lipinski definition) is 8. The summed E-state index contributed by atoms with van der Waals surface area (Å²) in [6.45, 7) is 4.52. The molecule has 0 aliphatic rings. The molecule has 3 rings (SSSR count). The maximum atomic E-state index is 6.32. The first-order valence-electron chi connectivity index (χ1n) is 10.4. The summed E-state index contributed by atoms with van der Waals surface area (Å²) in [5, 5.41) is 8.70. The quantitative estimate of drug-likeness (QED) is 0.497. The second-order valence-electron chi connectivity index (χ2n) is 7.03. The maximum Gasteiger partial charge on any atom is 0.181 e. The Balaban J connectivity index is 1.84. The second-order valence-corrected chi connectivity index (χ2v) is 7.03. The molecule has 0 bridgehead atoms. The van der Waals surface area contributed by atoms with Gasteiger partial charge in [-0.1, -0.05) is 13.0 Å². The highest BCUT2D eigenvalue weighted by atomic mass is 16.5. The summed E-state index contributed by atoms with van der Waals surface area (Å²) in [7, 11) is 3.18. The molecule has 0 unspecified atom stereocenters. The van der Waals surface area contributed by atoms with Gasteiger partial charge in [0.15, 0.2) is 23.1 Å². The molecule has 8 heteroatoms. The van der Waals surface area contributed by atoms with Gasteiger partial charge in [0.1, 0.15) is 0 Å². The van der Waals surface area contributed by atoms with E-state index < -0.39 is 0 Å². The maximum absolute atomic E-state index is 6.32. The molecular formula is C24H28N6O2. The van der Waals surface area contributed by atoms with Gasteiger partial charge in [-0.2, -0.15) is 5.11 Å². The van der Waals surface area contributed by atoms with Gasteiger partial charge in [0.2, 0.25) is 0 Å². The Hall–Kier alpha value is -3.81. The Labute approximate surface area is 188 Å². The zero-order chi connectivity index (χ0) is 22.9. The third kappa shape index (κ3) is 5.66. The van der Waals surface area contributed by atoms with Crippen molar-refractivity contribution in [1.29, 1.82) is 0 Å². The highest BCUT2D eigenvalue weighted by molar-refractivity contribution is 5.78. The van der Waals surface area contributed by atoms with Gasteiger partial charge in [0.25, 0.3) is 0 Å². The molecule has 0 aliphatic heterocycles. The van der Waals surface area contributed by atoms with Crippen LogP contribution in [0.5, 0.6) is 11.5 Å². The van der Waals surface area contributed by atoms with Crippen LogP contribution in [0.3, 0.4) is 0 Å². The minimum atomic E-state index is 0.477. The monoisotopic (exact) mass is 432 g/mol. The molecule has 0 saturated carbocycles. The average molecular weight is 433 g/mol. The molecule has 0 spiro atoms. The van der Waals surface area contributed by atoms with Gasteiger partial charge in [-0.25, -0.2) is 9.97 Å². The smallest absolute Gasteiger partial charge is 0.181 e. The molecule has 0 radical (unpaired) electrons. The Morgan fingerprint density at radius 3 is 2.59 bits per heavy atom. The minimum absolute atomic E-state index is 0.477. The van der Waals surface area contributed by atoms with Crippen molar-refractivity contribution in [3.8, 4) is 11.5 Å². The lowest BCUT2D eigenvalue weighted by Gasteiger charge is -2.10. The summed E-state index contributed by atoms with van der Waals surface area (Å²) in [5.41, 5.74) is 10.4. The lowest BCUT2D eigenvalue weighted by atomic mass is 10.1. The Bertz CT molecular complexity index is 1110. The van der Waals surface area contributed by atoms with Gasteiger partial charge < -0.3 is 15.2 Å². The standard InChI is InChI=1S/C24H28N6O2/c1-5-19-16(2)28-23(15-20(25)17-9-10-21(31-3)22(14-17)32-4)29-24(19)30-27-13-11-18-8-6-7-12-26-18/h6-10,12,14-15H,5,11,13,25H2,1-4H3. The van der Waals surface area contributed by atoms with Crippen LogP contribution in [0.25, 0.3) is 11.8 Å². The van der Waals surface area contributed by atoms with E-state index in [2.05, 4.69) is 25.2 Å². The summed E-state index contributed by atoms with van der Waals surface area (Å²) in [4.78, 5) is 13.5. The van der Waals surface area contributed by atoms with Crippen LogP contribution < -0.4 is 15.2 Å². The Morgan fingerprint density at radius 1 is 1.09 bits per heavy atom. The van der Waals surface area contributed by atoms with E-state index >= 15 is 0 Å². The number of nitrogens with two attached hydrogens (primary N) is 1. The van der Waals surface area contributed by atoms with E-state index in [0.29, 0.717) is 35.4 Å². The number of azo groups is 1. The van der Waals surface area contributed by atoms with Crippen molar-refractivity contribution in [3.63, 3.8) is 0 Å². The summed E-state index contributed by atoms with van der Waals surface area (Å²) in [6, 6.07) is 11.3. The first-order valence-corrected chi connectivity index (χ1v) is 10.4. The van der Waals surface area contributed by atoms with Crippen LogP contribution >= 0.6 is 0 Å². The number of methoxy groups -OCH3 is 2. The molecule has 2 N–H and O–H groups in total. The molecular weight excluding hydrogens is 404 g/mol. The third-order valence-electron chi connectivity index (χ3n) is 4.92. The van der Waals surface area contributed by atoms with E-state index in [1.54, 1.807) is 26.5 Å². The first-order chi connectivity index (χ1) is 15.5. The van der Waals surface area contributed by atoms with Crippen LogP contribution in [0.1, 0.15) is 35.3 Å². The van der Waals surface area contributed by atoms with Gasteiger partial charge in [-0.15, -0.1) is 5.11 Å². The Kier molecular flexibility index (Phi) is 7.85. The molecule has 0 atom stereocenters. The molecule has 32 heavy (non-hydrogen) atoms. The van der Waals surface area contributed by atoms with E-state index in [1.165, 1.54) is 0 Å². The van der Waals surface area contributed by atoms with Crippen molar-refractivity contribution in [2.75, 3.05) is 20.8 Å². The summed E-state index contributed by atoms with van der Waals surface area (Å²) < 4.78 is 10.6. The summed E-state index contributed by atoms with van der Waals surface area (Å²) in [5.74, 6) is 2.28. The van der Waals surface area contributed by atoms with Gasteiger partial charge >= 0.3 is 0 Å². The number of nitrogens with zero attached hydrogens (tertiary/aromatic N) is 5. The predicted molar refractivity (Wildman–Crippen MR) is 125 cm³/mol. The minimum Gasteiger partial charge on any atom is -0.493 e. The van der Waals surface area contributed by atoms with Crippen LogP contribution in [0.4, 0.5) is 5.82 Å². The topological polar surface area (TPSA) is 108 Å². The van der Waals surface area contributed by atoms with Crippen LogP contribution in [0.15, 0.2) is 52.8 Å². The number of ether oxygens (including phenoxy) is 2. The van der Waals surface area contributed by atoms with Crippen LogP contribution in [0.2, 0.25) is 0 Å². The molecule has 0 amide bonds. The molecule has 2 heterocycles. The van der Waals surface area contributed by atoms with Crippen molar-refractivity contribution in [2.24, 2.45) is 16.0 Å². The molecule has 2 aromatic heterocycles. The van der Waals surface area contributed by atoms with Gasteiger partial charge in [0, 0.05) is 46.9 Å². The number of benzene rings is 1. The number of pyridine rings is 1. The van der Waals surface area contributed by atoms with E-state index in [4.69, 9.17) is 15.2 Å². The second kappa shape index (κ2) is 11.0. The SMILES string of the molecule is CCc1c(C)nc(C=C(N)c2ccc(OC)c(OC)c2)nc1N=NCCc1ccccn1. The fourth-order valence-electron chi connectivity index (χ4n) is 3.23. The van der Waals surface area contributed by atoms with Crippen LogP contribution in [-0.2, 0) is 12.8 Å². The van der Waals surface area contributed by atoms with Crippen LogP contribution in [-0.4, -0.2) is 35.7 Å². The van der Waals surface area contributed by atoms with Crippen molar-refractivity contribution >= 4 is 17.6 Å². The van der Waals surface area contributed by atoms with Crippen molar-refractivity contribution in [2.45, 2.75) is 26.7 Å². The molecule has 1 aromatic carbocycles. The molecule has 0 aliphatic carbocycles. The van der Waals surface area contributed by atoms with Gasteiger partial charge in [-0.3, -0.25) is 4.98 Å². The first kappa shape index (κ1) is 22.9. The molecule has 3 aromatic rings. The summed E-state index contributed by atoms with van der Waals surface area (Å²) >= 11 is 0. The highest BCUT2D eigenvalue weighted by Gasteiger charge is 2.11. The fraction of sp³-hybridized carbons (Fsp3) is 0.292. The molecule has 0 fully saturated rings. The van der Waals surface area contributed by atoms with E-state index in [1.807, 2.05) is 50.2 Å². The predicted octanol–water partition coefficient (Wildman–Crippen LogP) is 4.54. The Morgan fingerprint density at radius 2 is 1.91 bits per heavy atom. The molecule has 166 valence electrons. The highest BCUT2D eigenvalue weighted by Crippen LogP contribution is 2.30. The zero-order valence-corrected chi connectivity index (χ0v) is 18.9. The molecule has 8 nitrogen and oxygen atoms in total. The van der Waals surface area contributed by atoms with Gasteiger partial charge in [-0.05, 0) is 43.7 Å². The van der Waals surface area contributed by atoms with Crippen LogP contribution in [0, 0.1) is 6.92 Å². The normalized spacial score (nSPS) is 11.7. The zero-order valence-electron chi connectivity index (χ0n) is 18.9. The fourth-order valence-corrected chi connectivity index (χ4v) is 3.23. The van der Waals surface area contributed by atoms with Crippen molar-refractivity contribution in [3.05, 3.63) is 70.9 Å². The third-order valence-corrected chi connectivity index (χ3v) is 4.92. The molecule has 0 saturated heterocycles. The van der Waals surface area contributed by atoms with Crippen molar-refractivity contribution < 1.29 is 9.47 Å². The lowest BCUT2D eigenvalue weighted by Crippen LogP contribution is -2.02. The number of aryl methyl sites for hydroxylation is 1. The lowest BCUT2D eigenvalue weighted by molar-refractivity contribution is 0.355. The van der Waals surface area contributed by atoms with Crippen molar-refractivity contribution in [1.82, 2.24) is 15.0 Å². The van der Waals surface area contributed by atoms with E-state index in [9.17, 15) is 0 Å². The van der Waals surface area contributed by atoms with E-state index in [0.717, 1.165) is 35.4 Å². The number of hydrogen-bond donors (Lipinski definition) is 1. The summed E-state index contributed by atoms with van der Waals surface area (Å²) in [6.07, 6.45) is 4.97. The van der Waals surface area contributed by atoms with E-state index in [-0.39, 0.29) is 0 Å². The number of rotatable bonds is 9. The van der Waals surface area contributed by atoms with Gasteiger partial charge in [0.05, 0.1) is 20.8 Å². The average Bonchev–Trinajstić information content (AvgIpc) is 2.81. The number of aromatic nitrogens is 3. The largest absolute Gasteiger partial charge is 0.493 e.